The van der Waals surface area contributed by atoms with Gasteiger partial charge in [0.2, 0.25) is 0 Å². The van der Waals surface area contributed by atoms with Crippen molar-refractivity contribution in [3.05, 3.63) is 4.91 Å². The second-order valence-corrected chi connectivity index (χ2v) is 8.96. The van der Waals surface area contributed by atoms with Crippen molar-refractivity contribution >= 4 is 47.8 Å². The zero-order chi connectivity index (χ0) is 9.49. The Morgan fingerprint density at radius 1 is 1.27 bits per heavy atom. The molecule has 11 heavy (non-hydrogen) atoms. The zero-order valence-corrected chi connectivity index (χ0v) is 11.2. The van der Waals surface area contributed by atoms with Gasteiger partial charge in [-0.1, -0.05) is 47.8 Å². The van der Waals surface area contributed by atoms with Crippen molar-refractivity contribution in [2.45, 2.75) is 29.0 Å². The molecule has 0 aromatic heterocycles. The molecule has 0 aromatic carbocycles. The molecule has 0 fully saturated rings. The second-order valence-electron chi connectivity index (χ2n) is 2.53. The fraction of sp³-hybridized carbons (Fsp3) is 1.00. The van der Waals surface area contributed by atoms with Crippen molar-refractivity contribution in [2.75, 3.05) is 0 Å². The number of hydrogen-bond acceptors (Lipinski definition) is 3. The highest BCUT2D eigenvalue weighted by molar-refractivity contribution is 9.38. The molecule has 0 radical (unpaired) electrons. The monoisotopic (exact) mass is 353 g/mol. The Kier molecular flexibility index (Phi) is 9.78. The van der Waals surface area contributed by atoms with E-state index in [1.54, 1.807) is 20.8 Å². The minimum Gasteiger partial charge on any atom is -0.358 e. The molecule has 0 aromatic rings. The second kappa shape index (κ2) is 7.49. The summed E-state index contributed by atoms with van der Waals surface area (Å²) in [5.74, 6) is 0. The first-order valence-corrected chi connectivity index (χ1v) is 5.47. The van der Waals surface area contributed by atoms with Crippen molar-refractivity contribution < 1.29 is 4.84 Å². The lowest BCUT2D eigenvalue weighted by Gasteiger charge is -2.11. The molecule has 0 bridgehead atoms. The lowest BCUT2D eigenvalue weighted by Crippen LogP contribution is -2.14. The van der Waals surface area contributed by atoms with Gasteiger partial charge in [0, 0.05) is 0 Å². The number of alkyl halides is 3. The van der Waals surface area contributed by atoms with Crippen molar-refractivity contribution in [1.29, 1.82) is 0 Å². The lowest BCUT2D eigenvalue weighted by atomic mass is 10.2. The van der Waals surface area contributed by atoms with E-state index in [2.05, 4.69) is 58.0 Å². The summed E-state index contributed by atoms with van der Waals surface area (Å²) in [5, 5.41) is 2.26. The summed E-state index contributed by atoms with van der Waals surface area (Å²) >= 11 is 9.31. The van der Waals surface area contributed by atoms with Crippen LogP contribution in [0.25, 0.3) is 0 Å². The third kappa shape index (κ3) is 36.2. The van der Waals surface area contributed by atoms with E-state index in [9.17, 15) is 4.91 Å². The first kappa shape index (κ1) is 14.4. The highest BCUT2D eigenvalue weighted by Crippen LogP contribution is 2.13. The summed E-state index contributed by atoms with van der Waals surface area (Å²) < 4.78 is 0.271. The van der Waals surface area contributed by atoms with Crippen LogP contribution in [0.15, 0.2) is 5.34 Å². The molecule has 68 valence electrons. The summed E-state index contributed by atoms with van der Waals surface area (Å²) in [4.78, 5) is 13.6. The lowest BCUT2D eigenvalue weighted by molar-refractivity contribution is -0.00229. The van der Waals surface area contributed by atoms with Crippen LogP contribution in [0, 0.1) is 4.91 Å². The predicted octanol–water partition coefficient (Wildman–Crippen LogP) is 3.94. The Morgan fingerprint density at radius 3 is 1.55 bits per heavy atom. The molecule has 0 aliphatic carbocycles. The van der Waals surface area contributed by atoms with E-state index in [-0.39, 0.29) is 2.65 Å². The van der Waals surface area contributed by atoms with Gasteiger partial charge in [-0.2, -0.15) is 0 Å². The molecule has 0 N–H and O–H groups in total. The Bertz CT molecular complexity index is 99.6. The van der Waals surface area contributed by atoms with Gasteiger partial charge in [-0.25, -0.2) is 0 Å². The van der Waals surface area contributed by atoms with Gasteiger partial charge in [0.15, 0.2) is 5.34 Å². The smallest absolute Gasteiger partial charge is 0.155 e. The number of nitrogens with zero attached hydrogens (tertiary/aromatic N) is 1. The standard InChI is InChI=1S/C4H9NO2.CHBr3/c1-4(2,3)7-5-6;2-1(3)4/h1-3H3;1H. The van der Waals surface area contributed by atoms with Crippen LogP contribution in [0.1, 0.15) is 20.8 Å². The third-order valence-electron chi connectivity index (χ3n) is 0.311. The first-order valence-electron chi connectivity index (χ1n) is 2.72. The average Bonchev–Trinajstić information content (AvgIpc) is 1.58. The minimum atomic E-state index is -0.429. The third-order valence-corrected chi connectivity index (χ3v) is 0.311. The van der Waals surface area contributed by atoms with E-state index in [0.717, 1.165) is 0 Å². The van der Waals surface area contributed by atoms with E-state index >= 15 is 0 Å². The number of halogens is 3. The van der Waals surface area contributed by atoms with Crippen LogP contribution in [0.5, 0.6) is 0 Å². The van der Waals surface area contributed by atoms with Crippen molar-refractivity contribution in [2.24, 2.45) is 5.34 Å². The summed E-state index contributed by atoms with van der Waals surface area (Å²) in [5.41, 5.74) is -0.429. The van der Waals surface area contributed by atoms with Gasteiger partial charge in [0.1, 0.15) is 8.25 Å². The van der Waals surface area contributed by atoms with Gasteiger partial charge in [-0.15, -0.1) is 4.91 Å². The molecule has 0 spiro atoms. The fourth-order valence-electron chi connectivity index (χ4n) is 0.112. The van der Waals surface area contributed by atoms with Gasteiger partial charge < -0.3 is 4.84 Å². The van der Waals surface area contributed by atoms with Crippen LogP contribution >= 0.6 is 47.8 Å². The maximum atomic E-state index is 9.35. The van der Waals surface area contributed by atoms with Crippen LogP contribution in [0.4, 0.5) is 0 Å². The Labute approximate surface area is 91.6 Å². The van der Waals surface area contributed by atoms with Gasteiger partial charge in [0.25, 0.3) is 0 Å². The largest absolute Gasteiger partial charge is 0.358 e. The first-order chi connectivity index (χ1) is 4.79. The van der Waals surface area contributed by atoms with E-state index in [0.29, 0.717) is 0 Å². The normalized spacial score (nSPS) is 10.1. The van der Waals surface area contributed by atoms with Crippen molar-refractivity contribution in [1.82, 2.24) is 0 Å². The molecule has 6 heteroatoms. The molecule has 0 saturated heterocycles. The van der Waals surface area contributed by atoms with Crippen LogP contribution in [0.2, 0.25) is 0 Å². The molecule has 3 nitrogen and oxygen atoms in total. The maximum Gasteiger partial charge on any atom is 0.155 e. The van der Waals surface area contributed by atoms with Gasteiger partial charge in [-0.05, 0) is 20.8 Å². The van der Waals surface area contributed by atoms with Crippen LogP contribution < -0.4 is 0 Å². The quantitative estimate of drug-likeness (QED) is 0.406. The minimum absolute atomic E-state index is 0.271. The summed E-state index contributed by atoms with van der Waals surface area (Å²) in [6.45, 7) is 5.28. The molecule has 0 saturated carbocycles. The topological polar surface area (TPSA) is 38.7 Å². The molecule has 0 unspecified atom stereocenters. The predicted molar refractivity (Wildman–Crippen MR) is 57.2 cm³/mol. The molecular formula is C5H10Br3NO2. The van der Waals surface area contributed by atoms with E-state index < -0.39 is 5.60 Å². The number of hydrogen-bond donors (Lipinski definition) is 0. The number of rotatable bonds is 1. The highest BCUT2D eigenvalue weighted by atomic mass is 80.0. The van der Waals surface area contributed by atoms with Crippen LogP contribution in [-0.4, -0.2) is 8.25 Å². The van der Waals surface area contributed by atoms with Crippen LogP contribution in [-0.2, 0) is 4.84 Å². The van der Waals surface area contributed by atoms with E-state index in [1.165, 1.54) is 0 Å². The summed E-state index contributed by atoms with van der Waals surface area (Å²) in [6.07, 6.45) is 0. The average molecular weight is 356 g/mol. The molecule has 0 aliphatic heterocycles. The van der Waals surface area contributed by atoms with E-state index in [4.69, 9.17) is 0 Å². The Hall–Kier alpha value is 0.840. The molecule has 0 aliphatic rings. The molecular weight excluding hydrogens is 346 g/mol. The zero-order valence-electron chi connectivity index (χ0n) is 6.47. The molecule has 0 rings (SSSR count). The Morgan fingerprint density at radius 2 is 1.55 bits per heavy atom. The maximum absolute atomic E-state index is 9.35. The van der Waals surface area contributed by atoms with Gasteiger partial charge in [-0.3, -0.25) is 0 Å². The van der Waals surface area contributed by atoms with Crippen molar-refractivity contribution in [3.63, 3.8) is 0 Å². The summed E-state index contributed by atoms with van der Waals surface area (Å²) in [6, 6.07) is 0. The fourth-order valence-corrected chi connectivity index (χ4v) is 0.112. The molecule has 0 heterocycles. The highest BCUT2D eigenvalue weighted by Gasteiger charge is 2.09. The summed E-state index contributed by atoms with van der Waals surface area (Å²) in [7, 11) is 0. The van der Waals surface area contributed by atoms with Gasteiger partial charge in [0.05, 0.1) is 0 Å². The van der Waals surface area contributed by atoms with Gasteiger partial charge >= 0.3 is 0 Å². The van der Waals surface area contributed by atoms with E-state index in [1.807, 2.05) is 0 Å². The molecule has 0 amide bonds. The van der Waals surface area contributed by atoms with Crippen molar-refractivity contribution in [3.8, 4) is 0 Å². The SMILES string of the molecule is BrC(Br)Br.CC(C)(C)ON=O. The Balaban J connectivity index is 0. The van der Waals surface area contributed by atoms with Crippen LogP contribution in [0.3, 0.4) is 0 Å². The molecule has 0 atom stereocenters.